The molecule has 7 rings (SSSR count). The van der Waals surface area contributed by atoms with E-state index < -0.39 is 0 Å². The van der Waals surface area contributed by atoms with E-state index in [2.05, 4.69) is 12.1 Å². The molecule has 0 radical (unpaired) electrons. The Hall–Kier alpha value is -0.890. The molecule has 0 aromatic carbocycles. The Morgan fingerprint density at radius 2 is 1.48 bits per heavy atom. The van der Waals surface area contributed by atoms with E-state index in [1.165, 1.54) is 76.3 Å². The molecule has 0 atom stereocenters. The number of hydrogen-bond acceptors (Lipinski definition) is 2. The molecule has 0 saturated heterocycles. The van der Waals surface area contributed by atoms with E-state index in [0.717, 1.165) is 41.9 Å². The third kappa shape index (κ3) is 2.81. The molecule has 0 N–H and O–H groups in total. The maximum Gasteiger partial charge on any atom is 0.165 e. The third-order valence-electron chi connectivity index (χ3n) is 8.85. The van der Waals surface area contributed by atoms with Crippen molar-refractivity contribution < 1.29 is 4.79 Å². The first kappa shape index (κ1) is 18.2. The zero-order valence-electron chi connectivity index (χ0n) is 16.3. The molecule has 1 heterocycles. The number of nitrogens with zero attached hydrogens (tertiary/aromatic N) is 1. The van der Waals surface area contributed by atoms with E-state index in [9.17, 15) is 4.79 Å². The van der Waals surface area contributed by atoms with E-state index in [0.29, 0.717) is 11.2 Å². The van der Waals surface area contributed by atoms with Gasteiger partial charge in [-0.25, -0.2) is 0 Å². The lowest BCUT2D eigenvalue weighted by molar-refractivity contribution is -0.00740. The highest BCUT2D eigenvalue weighted by atomic mass is 35.5. The minimum atomic E-state index is 0. The van der Waals surface area contributed by atoms with E-state index in [-0.39, 0.29) is 17.8 Å². The maximum absolute atomic E-state index is 12.9. The summed E-state index contributed by atoms with van der Waals surface area (Å²) >= 11 is 0. The summed E-state index contributed by atoms with van der Waals surface area (Å²) in [6, 6.07) is 4.41. The van der Waals surface area contributed by atoms with Gasteiger partial charge in [-0.15, -0.1) is 12.4 Å². The van der Waals surface area contributed by atoms with Crippen molar-refractivity contribution in [3.05, 3.63) is 29.1 Å². The molecule has 4 bridgehead atoms. The summed E-state index contributed by atoms with van der Waals surface area (Å²) in [5.41, 5.74) is 4.07. The van der Waals surface area contributed by atoms with Crippen LogP contribution in [0.2, 0.25) is 0 Å². The molecule has 1 spiro atoms. The van der Waals surface area contributed by atoms with Crippen LogP contribution in [0.25, 0.3) is 0 Å². The van der Waals surface area contributed by atoms with Crippen molar-refractivity contribution in [2.75, 3.05) is 0 Å². The Balaban J connectivity index is 0.00000160. The lowest BCUT2D eigenvalue weighted by Crippen LogP contribution is -2.49. The molecule has 27 heavy (non-hydrogen) atoms. The molecule has 0 unspecified atom stereocenters. The molecule has 146 valence electrons. The first-order valence-electron chi connectivity index (χ1n) is 11.2. The van der Waals surface area contributed by atoms with Crippen LogP contribution in [0.3, 0.4) is 0 Å². The molecule has 6 aliphatic rings. The average Bonchev–Trinajstić information content (AvgIpc) is 2.60. The van der Waals surface area contributed by atoms with Crippen molar-refractivity contribution in [2.24, 2.45) is 23.2 Å². The third-order valence-corrected chi connectivity index (χ3v) is 8.85. The van der Waals surface area contributed by atoms with Crippen molar-refractivity contribution in [1.29, 1.82) is 0 Å². The number of pyridine rings is 1. The Labute approximate surface area is 169 Å². The molecule has 1 aromatic heterocycles. The highest BCUT2D eigenvalue weighted by molar-refractivity contribution is 5.98. The van der Waals surface area contributed by atoms with Crippen molar-refractivity contribution in [1.82, 2.24) is 4.98 Å². The van der Waals surface area contributed by atoms with Crippen LogP contribution in [-0.4, -0.2) is 10.8 Å². The lowest BCUT2D eigenvalue weighted by atomic mass is 9.48. The van der Waals surface area contributed by atoms with Gasteiger partial charge in [0.05, 0.1) is 5.69 Å². The molecule has 5 saturated carbocycles. The fourth-order valence-electron chi connectivity index (χ4n) is 8.12. The zero-order chi connectivity index (χ0) is 17.4. The van der Waals surface area contributed by atoms with Crippen LogP contribution in [0.15, 0.2) is 12.1 Å². The van der Waals surface area contributed by atoms with Gasteiger partial charge in [-0.1, -0.05) is 19.3 Å². The predicted molar refractivity (Wildman–Crippen MR) is 110 cm³/mol. The maximum atomic E-state index is 12.9. The number of ketones is 1. The summed E-state index contributed by atoms with van der Waals surface area (Å²) < 4.78 is 0. The van der Waals surface area contributed by atoms with Crippen molar-refractivity contribution in [3.8, 4) is 0 Å². The largest absolute Gasteiger partial charge is 0.294 e. The molecule has 6 aliphatic carbocycles. The fourth-order valence-corrected chi connectivity index (χ4v) is 8.12. The van der Waals surface area contributed by atoms with E-state index in [1.54, 1.807) is 0 Å². The molecule has 1 aromatic rings. The summed E-state index contributed by atoms with van der Waals surface area (Å²) in [5.74, 6) is 3.22. The Morgan fingerprint density at radius 1 is 0.852 bits per heavy atom. The summed E-state index contributed by atoms with van der Waals surface area (Å²) in [5, 5.41) is 0. The number of carbonyl (C=O) groups excluding carboxylic acids is 1. The van der Waals surface area contributed by atoms with Gasteiger partial charge in [0.1, 0.15) is 0 Å². The minimum absolute atomic E-state index is 0. The Morgan fingerprint density at radius 3 is 2.11 bits per heavy atom. The smallest absolute Gasteiger partial charge is 0.165 e. The van der Waals surface area contributed by atoms with Gasteiger partial charge < -0.3 is 0 Å². The number of carbonyl (C=O) groups is 1. The highest BCUT2D eigenvalue weighted by Gasteiger charge is 2.52. The first-order valence-corrected chi connectivity index (χ1v) is 11.2. The summed E-state index contributed by atoms with van der Waals surface area (Å²) in [7, 11) is 0. The number of halogens is 1. The van der Waals surface area contributed by atoms with Crippen LogP contribution in [0.4, 0.5) is 0 Å². The predicted octanol–water partition coefficient (Wildman–Crippen LogP) is 6.05. The van der Waals surface area contributed by atoms with Gasteiger partial charge in [-0.05, 0) is 93.1 Å². The second kappa shape index (κ2) is 6.31. The minimum Gasteiger partial charge on any atom is -0.294 e. The number of rotatable bonds is 1. The molecular formula is C24H32ClNO. The second-order valence-electron chi connectivity index (χ2n) is 10.7. The van der Waals surface area contributed by atoms with Crippen molar-refractivity contribution >= 4 is 18.2 Å². The number of Topliss-reactive ketones (excluding diaryl/α,β-unsaturated/α-hetero) is 1. The van der Waals surface area contributed by atoms with Gasteiger partial charge in [-0.2, -0.15) is 0 Å². The second-order valence-corrected chi connectivity index (χ2v) is 10.7. The van der Waals surface area contributed by atoms with Crippen LogP contribution >= 0.6 is 12.4 Å². The van der Waals surface area contributed by atoms with Crippen LogP contribution in [-0.2, 0) is 11.8 Å². The van der Waals surface area contributed by atoms with Gasteiger partial charge in [-0.3, -0.25) is 9.78 Å². The van der Waals surface area contributed by atoms with E-state index >= 15 is 0 Å². The number of hydrogen-bond donors (Lipinski definition) is 0. The number of aromatic nitrogens is 1. The molecule has 2 nitrogen and oxygen atoms in total. The van der Waals surface area contributed by atoms with E-state index in [1.807, 2.05) is 0 Å². The van der Waals surface area contributed by atoms with Crippen molar-refractivity contribution in [3.63, 3.8) is 0 Å². The van der Waals surface area contributed by atoms with Crippen LogP contribution < -0.4 is 0 Å². The van der Waals surface area contributed by atoms with Gasteiger partial charge in [0.2, 0.25) is 0 Å². The van der Waals surface area contributed by atoms with Gasteiger partial charge in [0.25, 0.3) is 0 Å². The van der Waals surface area contributed by atoms with Gasteiger partial charge in [0.15, 0.2) is 5.78 Å². The molecule has 0 amide bonds. The number of fused-ring (bicyclic) bond motifs is 1. The Bertz CT molecular complexity index is 728. The highest BCUT2D eigenvalue weighted by Crippen LogP contribution is 2.60. The van der Waals surface area contributed by atoms with Crippen LogP contribution in [0.1, 0.15) is 98.8 Å². The van der Waals surface area contributed by atoms with Crippen molar-refractivity contribution in [2.45, 2.75) is 88.9 Å². The summed E-state index contributed by atoms with van der Waals surface area (Å²) in [6.45, 7) is 0. The average molecular weight is 386 g/mol. The normalized spacial score (nSPS) is 38.5. The lowest BCUT2D eigenvalue weighted by Gasteiger charge is -2.56. The summed E-state index contributed by atoms with van der Waals surface area (Å²) in [6.07, 6.45) is 16.8. The zero-order valence-corrected chi connectivity index (χ0v) is 17.2. The topological polar surface area (TPSA) is 30.0 Å². The van der Waals surface area contributed by atoms with Gasteiger partial charge in [0, 0.05) is 23.1 Å². The quantitative estimate of drug-likeness (QED) is 0.588. The molecule has 3 heteroatoms. The SMILES string of the molecule is Cl.O=C1CC2(CCCCC2)Cc2nc(C34CC5CC(CC(C5)C3)C4)ccc21. The fraction of sp³-hybridized carbons (Fsp3) is 0.750. The first-order chi connectivity index (χ1) is 12.6. The van der Waals surface area contributed by atoms with Gasteiger partial charge >= 0.3 is 0 Å². The summed E-state index contributed by atoms with van der Waals surface area (Å²) in [4.78, 5) is 18.2. The Kier molecular flexibility index (Phi) is 4.24. The standard InChI is InChI=1S/C24H31NO.ClH/c26-21-15-23(6-2-1-3-7-23)14-20-19(21)4-5-22(25-20)24-11-16-8-17(12-24)10-18(9-16)13-24;/h4-5,16-18H,1-3,6-15H2;1H. The molecular weight excluding hydrogens is 354 g/mol. The van der Waals surface area contributed by atoms with E-state index in [4.69, 9.17) is 4.98 Å². The van der Waals surface area contributed by atoms with Crippen LogP contribution in [0.5, 0.6) is 0 Å². The molecule has 0 aliphatic heterocycles. The monoisotopic (exact) mass is 385 g/mol. The molecule has 5 fully saturated rings. The van der Waals surface area contributed by atoms with Crippen LogP contribution in [0, 0.1) is 23.2 Å².